The van der Waals surface area contributed by atoms with Crippen LogP contribution in [0.15, 0.2) is 12.2 Å². The van der Waals surface area contributed by atoms with E-state index in [4.69, 9.17) is 9.47 Å². The van der Waals surface area contributed by atoms with Gasteiger partial charge in [-0.25, -0.2) is 4.79 Å². The Balaban J connectivity index is 2.04. The molecule has 0 aromatic carbocycles. The van der Waals surface area contributed by atoms with Crippen molar-refractivity contribution in [2.24, 2.45) is 23.7 Å². The highest BCUT2D eigenvalue weighted by Crippen LogP contribution is 2.54. The van der Waals surface area contributed by atoms with E-state index in [9.17, 15) is 19.8 Å². The van der Waals surface area contributed by atoms with Gasteiger partial charge in [-0.15, -0.1) is 0 Å². The molecule has 3 fully saturated rings. The Morgan fingerprint density at radius 3 is 2.56 bits per heavy atom. The predicted octanol–water partition coefficient (Wildman–Crippen LogP) is 1.24. The van der Waals surface area contributed by atoms with Crippen LogP contribution < -0.4 is 0 Å². The quantitative estimate of drug-likeness (QED) is 0.586. The van der Waals surface area contributed by atoms with Gasteiger partial charge >= 0.3 is 5.97 Å². The van der Waals surface area contributed by atoms with E-state index in [-0.39, 0.29) is 18.6 Å². The van der Waals surface area contributed by atoms with Gasteiger partial charge in [-0.3, -0.25) is 4.79 Å². The number of ether oxygens (including phenoxy) is 2. The first-order chi connectivity index (χ1) is 11.5. The summed E-state index contributed by atoms with van der Waals surface area (Å²) in [7, 11) is 0. The fourth-order valence-electron chi connectivity index (χ4n) is 4.77. The second kappa shape index (κ2) is 5.89. The molecule has 0 amide bonds. The number of carbonyl (C=O) groups is 2. The predicted molar refractivity (Wildman–Crippen MR) is 89.6 cm³/mol. The number of carbonyl (C=O) groups excluding carboxylic acids is 2. The number of esters is 1. The normalized spacial score (nSPS) is 46.8. The van der Waals surface area contributed by atoms with Crippen molar-refractivity contribution in [2.75, 3.05) is 6.61 Å². The van der Waals surface area contributed by atoms with Gasteiger partial charge in [0.15, 0.2) is 5.78 Å². The van der Waals surface area contributed by atoms with Crippen LogP contribution in [0, 0.1) is 23.7 Å². The number of hydrogen-bond acceptors (Lipinski definition) is 6. The number of aliphatic hydroxyl groups is 2. The molecule has 6 nitrogen and oxygen atoms in total. The standard InChI is InChI=1S/C19H28O6/c1-9(2)8-24-12-7-18(4,22)11-6-13(20)19(5,23)15(11)16-14(12)10(3)17(21)25-16/h9,11-12,14-16,22-23H,3,6-8H2,1-2,4-5H3/t11-,12-,14-,15+,16+,18-,19-/m1/s1. The molecule has 1 saturated heterocycles. The van der Waals surface area contributed by atoms with E-state index in [0.717, 1.165) is 0 Å². The van der Waals surface area contributed by atoms with E-state index < -0.39 is 47.1 Å². The number of fused-ring (bicyclic) bond motifs is 3. The number of hydrogen-bond donors (Lipinski definition) is 2. The molecule has 0 unspecified atom stereocenters. The SMILES string of the molecule is C=C1C(=O)O[C@H]2[C@H]1[C@H](OCC(C)C)C[C@@](C)(O)[C@@H]1CC(=O)[C@@](C)(O)[C@H]21. The Morgan fingerprint density at radius 1 is 1.32 bits per heavy atom. The molecule has 140 valence electrons. The van der Waals surface area contributed by atoms with Gasteiger partial charge < -0.3 is 19.7 Å². The van der Waals surface area contributed by atoms with Crippen LogP contribution in [-0.4, -0.2) is 52.0 Å². The molecule has 3 rings (SSSR count). The third-order valence-electron chi connectivity index (χ3n) is 6.13. The van der Waals surface area contributed by atoms with Gasteiger partial charge in [0.25, 0.3) is 0 Å². The maximum Gasteiger partial charge on any atom is 0.334 e. The van der Waals surface area contributed by atoms with Crippen LogP contribution in [0.25, 0.3) is 0 Å². The van der Waals surface area contributed by atoms with Gasteiger partial charge in [0.05, 0.1) is 17.6 Å². The van der Waals surface area contributed by atoms with Crippen LogP contribution in [-0.2, 0) is 19.1 Å². The van der Waals surface area contributed by atoms with E-state index in [1.807, 2.05) is 13.8 Å². The fourth-order valence-corrected chi connectivity index (χ4v) is 4.77. The molecule has 0 bridgehead atoms. The van der Waals surface area contributed by atoms with Crippen LogP contribution in [0.2, 0.25) is 0 Å². The molecule has 25 heavy (non-hydrogen) atoms. The molecule has 6 heteroatoms. The molecule has 1 aliphatic heterocycles. The zero-order valence-corrected chi connectivity index (χ0v) is 15.3. The lowest BCUT2D eigenvalue weighted by molar-refractivity contribution is -0.155. The van der Waals surface area contributed by atoms with E-state index >= 15 is 0 Å². The third kappa shape index (κ3) is 2.84. The molecule has 2 aliphatic carbocycles. The van der Waals surface area contributed by atoms with Crippen molar-refractivity contribution in [3.05, 3.63) is 12.2 Å². The van der Waals surface area contributed by atoms with Crippen molar-refractivity contribution in [2.45, 2.75) is 63.9 Å². The summed E-state index contributed by atoms with van der Waals surface area (Å²) < 4.78 is 11.6. The van der Waals surface area contributed by atoms with Crippen molar-refractivity contribution in [3.63, 3.8) is 0 Å². The molecule has 2 N–H and O–H groups in total. The molecule has 0 aromatic heterocycles. The van der Waals surface area contributed by atoms with Crippen molar-refractivity contribution in [1.82, 2.24) is 0 Å². The summed E-state index contributed by atoms with van der Waals surface area (Å²) in [5.41, 5.74) is -2.56. The molecular formula is C19H28O6. The summed E-state index contributed by atoms with van der Waals surface area (Å²) in [6.45, 7) is 11.5. The van der Waals surface area contributed by atoms with E-state index in [1.165, 1.54) is 6.92 Å². The van der Waals surface area contributed by atoms with Gasteiger partial charge in [0.1, 0.15) is 11.7 Å². The summed E-state index contributed by atoms with van der Waals surface area (Å²) in [6.07, 6.45) is -0.828. The Morgan fingerprint density at radius 2 is 1.96 bits per heavy atom. The highest BCUT2D eigenvalue weighted by Gasteiger charge is 2.66. The Hall–Kier alpha value is -1.24. The maximum atomic E-state index is 12.4. The topological polar surface area (TPSA) is 93.1 Å². The van der Waals surface area contributed by atoms with E-state index in [2.05, 4.69) is 6.58 Å². The maximum absolute atomic E-state index is 12.4. The van der Waals surface area contributed by atoms with Crippen LogP contribution in [0.5, 0.6) is 0 Å². The van der Waals surface area contributed by atoms with Gasteiger partial charge in [-0.05, 0) is 19.8 Å². The van der Waals surface area contributed by atoms with Crippen molar-refractivity contribution in [3.8, 4) is 0 Å². The van der Waals surface area contributed by atoms with Crippen LogP contribution >= 0.6 is 0 Å². The number of Topliss-reactive ketones (excluding diaryl/α,β-unsaturated/α-hetero) is 1. The minimum atomic E-state index is -1.64. The monoisotopic (exact) mass is 352 g/mol. The fraction of sp³-hybridized carbons (Fsp3) is 0.789. The Bertz CT molecular complexity index is 605. The molecule has 7 atom stereocenters. The second-order valence-corrected chi connectivity index (χ2v) is 8.65. The van der Waals surface area contributed by atoms with Gasteiger partial charge in [-0.1, -0.05) is 20.4 Å². The van der Waals surface area contributed by atoms with E-state index in [1.54, 1.807) is 6.92 Å². The molecule has 2 saturated carbocycles. The van der Waals surface area contributed by atoms with Gasteiger partial charge in [0.2, 0.25) is 0 Å². The Kier molecular flexibility index (Phi) is 4.37. The van der Waals surface area contributed by atoms with Crippen LogP contribution in [0.1, 0.15) is 40.5 Å². The van der Waals surface area contributed by atoms with Gasteiger partial charge in [-0.2, -0.15) is 0 Å². The highest BCUT2D eigenvalue weighted by atomic mass is 16.6. The average Bonchev–Trinajstić information content (AvgIpc) is 2.86. The first-order valence-corrected chi connectivity index (χ1v) is 8.96. The summed E-state index contributed by atoms with van der Waals surface area (Å²) in [5.74, 6) is -2.17. The van der Waals surface area contributed by atoms with Crippen LogP contribution in [0.3, 0.4) is 0 Å². The minimum absolute atomic E-state index is 0.0643. The van der Waals surface area contributed by atoms with Gasteiger partial charge in [0, 0.05) is 36.9 Å². The third-order valence-corrected chi connectivity index (χ3v) is 6.13. The first-order valence-electron chi connectivity index (χ1n) is 8.96. The lowest BCUT2D eigenvalue weighted by atomic mass is 9.74. The van der Waals surface area contributed by atoms with Crippen LogP contribution in [0.4, 0.5) is 0 Å². The molecule has 0 radical (unpaired) electrons. The molecule has 1 heterocycles. The van der Waals surface area contributed by atoms with Crippen molar-refractivity contribution >= 4 is 11.8 Å². The molecular weight excluding hydrogens is 324 g/mol. The zero-order valence-electron chi connectivity index (χ0n) is 15.3. The first kappa shape index (κ1) is 18.5. The lowest BCUT2D eigenvalue weighted by Gasteiger charge is -2.36. The smallest absolute Gasteiger partial charge is 0.334 e. The minimum Gasteiger partial charge on any atom is -0.458 e. The Labute approximate surface area is 148 Å². The van der Waals surface area contributed by atoms with Crippen molar-refractivity contribution in [1.29, 1.82) is 0 Å². The summed E-state index contributed by atoms with van der Waals surface area (Å²) in [6, 6.07) is 0. The van der Waals surface area contributed by atoms with Crippen molar-refractivity contribution < 1.29 is 29.3 Å². The lowest BCUT2D eigenvalue weighted by Crippen LogP contribution is -2.48. The average molecular weight is 352 g/mol. The summed E-state index contributed by atoms with van der Waals surface area (Å²) >= 11 is 0. The largest absolute Gasteiger partial charge is 0.458 e. The summed E-state index contributed by atoms with van der Waals surface area (Å²) in [4.78, 5) is 24.5. The zero-order chi connectivity index (χ0) is 18.7. The molecule has 0 spiro atoms. The highest BCUT2D eigenvalue weighted by molar-refractivity contribution is 5.93. The second-order valence-electron chi connectivity index (χ2n) is 8.65. The van der Waals surface area contributed by atoms with E-state index in [0.29, 0.717) is 18.1 Å². The molecule has 3 aliphatic rings. The molecule has 0 aromatic rings. The summed E-state index contributed by atoms with van der Waals surface area (Å²) in [5, 5.41) is 21.9. The number of rotatable bonds is 3. The number of ketones is 1.